The molecular weight excluding hydrogens is 363 g/mol. The van der Waals surface area contributed by atoms with Crippen LogP contribution in [0.4, 0.5) is 0 Å². The summed E-state index contributed by atoms with van der Waals surface area (Å²) < 4.78 is 2.48. The molecule has 0 aliphatic rings. The highest BCUT2D eigenvalue weighted by atomic mass is 79.9. The van der Waals surface area contributed by atoms with E-state index in [0.29, 0.717) is 21.6 Å². The van der Waals surface area contributed by atoms with Gasteiger partial charge < -0.3 is 0 Å². The summed E-state index contributed by atoms with van der Waals surface area (Å²) in [6, 6.07) is 5.47. The van der Waals surface area contributed by atoms with E-state index in [0.717, 1.165) is 21.2 Å². The van der Waals surface area contributed by atoms with E-state index in [-0.39, 0.29) is 0 Å². The topological polar surface area (TPSA) is 43.1 Å². The van der Waals surface area contributed by atoms with Gasteiger partial charge in [0.1, 0.15) is 0 Å². The van der Waals surface area contributed by atoms with E-state index in [1.165, 1.54) is 0 Å². The van der Waals surface area contributed by atoms with Crippen molar-refractivity contribution in [1.82, 2.24) is 19.8 Å². The number of aryl methyl sites for hydroxylation is 1. The molecule has 0 amide bonds. The lowest BCUT2D eigenvalue weighted by atomic mass is 10.2. The van der Waals surface area contributed by atoms with Gasteiger partial charge in [-0.25, -0.2) is 0 Å². The van der Waals surface area contributed by atoms with Gasteiger partial charge in [-0.1, -0.05) is 23.2 Å². The molecule has 0 radical (unpaired) electrons. The van der Waals surface area contributed by atoms with E-state index in [1.54, 1.807) is 16.6 Å². The van der Waals surface area contributed by atoms with Gasteiger partial charge in [-0.05, 0) is 53.5 Å². The van der Waals surface area contributed by atoms with Gasteiger partial charge in [-0.15, -0.1) is 10.2 Å². The molecule has 0 saturated carbocycles. The molecule has 0 aliphatic carbocycles. The highest BCUT2D eigenvalue weighted by molar-refractivity contribution is 9.10. The van der Waals surface area contributed by atoms with Gasteiger partial charge in [-0.2, -0.15) is 9.61 Å². The first kappa shape index (κ1) is 13.8. The number of hydrogen-bond acceptors (Lipinski definition) is 3. The van der Waals surface area contributed by atoms with Crippen molar-refractivity contribution in [3.63, 3.8) is 0 Å². The molecule has 7 heteroatoms. The van der Waals surface area contributed by atoms with Crippen LogP contribution in [0, 0.1) is 13.8 Å². The van der Waals surface area contributed by atoms with Gasteiger partial charge in [0.2, 0.25) is 0 Å². The summed E-state index contributed by atoms with van der Waals surface area (Å²) in [4.78, 5) is 0. The van der Waals surface area contributed by atoms with Gasteiger partial charge in [0, 0.05) is 20.6 Å². The van der Waals surface area contributed by atoms with Gasteiger partial charge >= 0.3 is 0 Å². The summed E-state index contributed by atoms with van der Waals surface area (Å²) in [5, 5.41) is 13.8. The quantitative estimate of drug-likeness (QED) is 0.633. The van der Waals surface area contributed by atoms with Crippen LogP contribution in [0.3, 0.4) is 0 Å². The molecule has 4 nitrogen and oxygen atoms in total. The first-order valence-corrected chi connectivity index (χ1v) is 7.37. The number of aromatic nitrogens is 4. The molecule has 1 aromatic carbocycles. The van der Waals surface area contributed by atoms with E-state index >= 15 is 0 Å². The van der Waals surface area contributed by atoms with E-state index in [2.05, 4.69) is 31.2 Å². The Labute approximate surface area is 133 Å². The Kier molecular flexibility index (Phi) is 3.44. The van der Waals surface area contributed by atoms with Crippen molar-refractivity contribution in [2.24, 2.45) is 0 Å². The largest absolute Gasteiger partial charge is 0.191 e. The number of halogens is 3. The first-order valence-electron chi connectivity index (χ1n) is 5.82. The third-order valence-corrected chi connectivity index (χ3v) is 4.46. The summed E-state index contributed by atoms with van der Waals surface area (Å²) in [7, 11) is 0. The van der Waals surface area contributed by atoms with Crippen LogP contribution < -0.4 is 0 Å². The molecule has 0 fully saturated rings. The Morgan fingerprint density at radius 2 is 1.85 bits per heavy atom. The second kappa shape index (κ2) is 4.98. The molecular formula is C13H9BrCl2N4. The van der Waals surface area contributed by atoms with Gasteiger partial charge in [0.25, 0.3) is 0 Å². The van der Waals surface area contributed by atoms with Crippen molar-refractivity contribution in [3.8, 4) is 11.4 Å². The summed E-state index contributed by atoms with van der Waals surface area (Å²) in [5.74, 6) is 0.619. The smallest absolute Gasteiger partial charge is 0.186 e. The number of hydrogen-bond donors (Lipinski definition) is 0. The summed E-state index contributed by atoms with van der Waals surface area (Å²) in [6.45, 7) is 3.87. The molecule has 0 aliphatic heterocycles. The highest BCUT2D eigenvalue weighted by Gasteiger charge is 2.16. The van der Waals surface area contributed by atoms with Crippen LogP contribution in [0.2, 0.25) is 10.2 Å². The lowest BCUT2D eigenvalue weighted by Crippen LogP contribution is -2.00. The minimum absolute atomic E-state index is 0.445. The molecule has 0 atom stereocenters. The lowest BCUT2D eigenvalue weighted by Gasteiger charge is -2.06. The molecule has 2 heterocycles. The second-order valence-electron chi connectivity index (χ2n) is 4.42. The maximum absolute atomic E-state index is 6.15. The molecule has 0 bridgehead atoms. The molecule has 0 spiro atoms. The van der Waals surface area contributed by atoms with Crippen molar-refractivity contribution < 1.29 is 0 Å². The Bertz CT molecular complexity index is 829. The number of benzene rings is 1. The van der Waals surface area contributed by atoms with E-state index in [9.17, 15) is 0 Å². The fourth-order valence-electron chi connectivity index (χ4n) is 1.93. The van der Waals surface area contributed by atoms with Crippen molar-refractivity contribution in [2.75, 3.05) is 0 Å². The third-order valence-electron chi connectivity index (χ3n) is 3.21. The molecule has 3 aromatic rings. The van der Waals surface area contributed by atoms with E-state index < -0.39 is 0 Å². The van der Waals surface area contributed by atoms with Gasteiger partial charge in [0.05, 0.1) is 0 Å². The predicted molar refractivity (Wildman–Crippen MR) is 83.4 cm³/mol. The number of fused-ring (bicyclic) bond motifs is 1. The van der Waals surface area contributed by atoms with Gasteiger partial charge in [0.15, 0.2) is 16.6 Å². The average molecular weight is 372 g/mol. The Hall–Kier alpha value is -1.17. The van der Waals surface area contributed by atoms with Crippen LogP contribution >= 0.6 is 39.1 Å². The number of nitrogens with zero attached hydrogens (tertiary/aromatic N) is 4. The molecule has 3 rings (SSSR count). The Balaban J connectivity index is 2.33. The van der Waals surface area contributed by atoms with E-state index in [1.807, 2.05) is 19.9 Å². The maximum Gasteiger partial charge on any atom is 0.186 e. The zero-order chi connectivity index (χ0) is 14.4. The first-order chi connectivity index (χ1) is 9.49. The second-order valence-corrected chi connectivity index (χ2v) is 6.07. The minimum atomic E-state index is 0.445. The predicted octanol–water partition coefficient (Wildman–Crippen LogP) is 4.48. The number of rotatable bonds is 1. The normalized spacial score (nSPS) is 11.2. The van der Waals surface area contributed by atoms with Crippen LogP contribution in [0.25, 0.3) is 17.0 Å². The Morgan fingerprint density at radius 3 is 2.55 bits per heavy atom. The summed E-state index contributed by atoms with van der Waals surface area (Å²) in [5.41, 5.74) is 3.43. The van der Waals surface area contributed by atoms with Crippen LogP contribution in [0.1, 0.15) is 11.1 Å². The van der Waals surface area contributed by atoms with Crippen molar-refractivity contribution >= 4 is 44.8 Å². The maximum atomic E-state index is 6.15. The van der Waals surface area contributed by atoms with Crippen molar-refractivity contribution in [3.05, 3.63) is 44.0 Å². The highest BCUT2D eigenvalue weighted by Crippen LogP contribution is 2.30. The molecule has 0 unspecified atom stereocenters. The molecule has 2 aromatic heterocycles. The third kappa shape index (κ3) is 2.10. The Morgan fingerprint density at radius 1 is 1.10 bits per heavy atom. The van der Waals surface area contributed by atoms with E-state index in [4.69, 9.17) is 23.2 Å². The van der Waals surface area contributed by atoms with Crippen molar-refractivity contribution in [1.29, 1.82) is 0 Å². The lowest BCUT2D eigenvalue weighted by molar-refractivity contribution is 0.918. The average Bonchev–Trinajstić information content (AvgIpc) is 2.80. The van der Waals surface area contributed by atoms with Crippen LogP contribution in [0.5, 0.6) is 0 Å². The van der Waals surface area contributed by atoms with Crippen molar-refractivity contribution in [2.45, 2.75) is 13.8 Å². The standard InChI is InChI=1S/C13H9BrCl2N4/c1-6-7(2)12-17-18-13(20(12)19-11(6)16)9-4-3-8(15)5-10(9)14/h3-5H,1-2H3. The molecule has 0 N–H and O–H groups in total. The molecule has 20 heavy (non-hydrogen) atoms. The molecule has 102 valence electrons. The van der Waals surface area contributed by atoms with Gasteiger partial charge in [-0.3, -0.25) is 0 Å². The molecule has 0 saturated heterocycles. The summed E-state index contributed by atoms with van der Waals surface area (Å²) >= 11 is 15.6. The minimum Gasteiger partial charge on any atom is -0.191 e. The zero-order valence-electron chi connectivity index (χ0n) is 10.7. The fraction of sp³-hybridized carbons (Fsp3) is 0.154. The SMILES string of the molecule is Cc1c(Cl)nn2c(-c3ccc(Cl)cc3Br)nnc2c1C. The van der Waals surface area contributed by atoms with Crippen LogP contribution in [0.15, 0.2) is 22.7 Å². The zero-order valence-corrected chi connectivity index (χ0v) is 13.8. The fourth-order valence-corrected chi connectivity index (χ4v) is 3.01. The monoisotopic (exact) mass is 370 g/mol. The van der Waals surface area contributed by atoms with Crippen LogP contribution in [-0.4, -0.2) is 19.8 Å². The summed E-state index contributed by atoms with van der Waals surface area (Å²) in [6.07, 6.45) is 0. The van der Waals surface area contributed by atoms with Crippen LogP contribution in [-0.2, 0) is 0 Å².